The summed E-state index contributed by atoms with van der Waals surface area (Å²) in [5.74, 6) is 0. The van der Waals surface area contributed by atoms with Gasteiger partial charge in [0.1, 0.15) is 6.07 Å². The first-order valence-corrected chi connectivity index (χ1v) is 17.6. The van der Waals surface area contributed by atoms with Crippen LogP contribution in [0, 0.1) is 18.3 Å². The minimum absolute atomic E-state index is 0.163. The molecule has 0 spiro atoms. The van der Waals surface area contributed by atoms with E-state index in [9.17, 15) is 15.5 Å². The molecule has 3 heterocycles. The fraction of sp³-hybridized carbons (Fsp3) is 0.317. The summed E-state index contributed by atoms with van der Waals surface area (Å²) >= 11 is 6.94. The number of fused-ring (bicyclic) bond motifs is 1. The topological polar surface area (TPSA) is 95.7 Å². The molecule has 2 aliphatic heterocycles. The zero-order valence-electron chi connectivity index (χ0n) is 27.9. The molecule has 0 unspecified atom stereocenters. The molecule has 2 saturated heterocycles. The van der Waals surface area contributed by atoms with Crippen LogP contribution in [0.4, 0.5) is 11.4 Å². The summed E-state index contributed by atoms with van der Waals surface area (Å²) < 4.78 is 0. The van der Waals surface area contributed by atoms with E-state index in [0.29, 0.717) is 16.3 Å². The summed E-state index contributed by atoms with van der Waals surface area (Å²) in [5, 5.41) is 34.6. The molecule has 7 rings (SSSR count). The second kappa shape index (κ2) is 14.7. The summed E-state index contributed by atoms with van der Waals surface area (Å²) in [4.78, 5) is 9.44. The number of hydrogen-bond donors (Lipinski definition) is 3. The van der Waals surface area contributed by atoms with Crippen LogP contribution >= 0.6 is 11.6 Å². The summed E-state index contributed by atoms with van der Waals surface area (Å²) in [6.07, 6.45) is 4.65. The molecule has 4 aromatic carbocycles. The van der Waals surface area contributed by atoms with Crippen molar-refractivity contribution >= 4 is 33.9 Å². The Balaban J connectivity index is 1.09. The maximum atomic E-state index is 10.0. The number of anilines is 2. The quantitative estimate of drug-likeness (QED) is 0.154. The second-order valence-corrected chi connectivity index (χ2v) is 14.0. The molecule has 0 bridgehead atoms. The largest absolute Gasteiger partial charge is 0.393 e. The molecule has 7 nitrogen and oxygen atoms in total. The Bertz CT molecular complexity index is 1950. The van der Waals surface area contributed by atoms with Gasteiger partial charge in [-0.25, -0.2) is 0 Å². The van der Waals surface area contributed by atoms with Crippen LogP contribution in [0.25, 0.3) is 33.2 Å². The van der Waals surface area contributed by atoms with Gasteiger partial charge in [-0.2, -0.15) is 5.26 Å². The zero-order chi connectivity index (χ0) is 33.9. The molecule has 49 heavy (non-hydrogen) atoms. The molecule has 8 heteroatoms. The van der Waals surface area contributed by atoms with E-state index in [1.165, 1.54) is 11.1 Å². The highest BCUT2D eigenvalue weighted by atomic mass is 35.5. The summed E-state index contributed by atoms with van der Waals surface area (Å²) in [7, 11) is 0. The van der Waals surface area contributed by atoms with Gasteiger partial charge in [-0.05, 0) is 89.8 Å². The van der Waals surface area contributed by atoms with Crippen LogP contribution in [-0.4, -0.2) is 63.4 Å². The van der Waals surface area contributed by atoms with Crippen LogP contribution in [0.15, 0.2) is 85.1 Å². The second-order valence-electron chi connectivity index (χ2n) is 13.6. The number of aliphatic hydroxyl groups excluding tert-OH is 2. The number of aromatic nitrogens is 1. The maximum absolute atomic E-state index is 10.0. The average molecular weight is 672 g/mol. The average Bonchev–Trinajstić information content (AvgIpc) is 3.12. The van der Waals surface area contributed by atoms with Crippen molar-refractivity contribution in [2.24, 2.45) is 0 Å². The van der Waals surface area contributed by atoms with Crippen molar-refractivity contribution in [2.45, 2.75) is 57.9 Å². The molecule has 2 aliphatic rings. The van der Waals surface area contributed by atoms with E-state index in [-0.39, 0.29) is 12.2 Å². The third-order valence-electron chi connectivity index (χ3n) is 10.0. The standard InChI is InChI=1S/C41H42ClN5O2/c1-27-20-33(31-8-4-29(5-9-31)26-47-18-14-36(49)15-19-47)21-38(42)40(27)45-41-34(23-43)24-44-39-22-32(10-11-37(39)41)30-6-2-28(3-7-30)25-46-16-12-35(48)13-17-46/h2-11,20-22,24,35-36,48-49H,12-19,25-26H2,1H3,(H,44,45). The van der Waals surface area contributed by atoms with E-state index in [1.807, 2.05) is 19.1 Å². The van der Waals surface area contributed by atoms with Crippen molar-refractivity contribution in [2.75, 3.05) is 31.5 Å². The van der Waals surface area contributed by atoms with Gasteiger partial charge in [-0.15, -0.1) is 0 Å². The number of aryl methyl sites for hydroxylation is 1. The van der Waals surface area contributed by atoms with Crippen LogP contribution in [0.3, 0.4) is 0 Å². The third-order valence-corrected chi connectivity index (χ3v) is 10.3. The van der Waals surface area contributed by atoms with Gasteiger partial charge in [0.05, 0.1) is 39.7 Å². The van der Waals surface area contributed by atoms with Crippen molar-refractivity contribution in [1.29, 1.82) is 5.26 Å². The number of nitriles is 1. The van der Waals surface area contributed by atoms with E-state index in [2.05, 4.69) is 92.9 Å². The molecular formula is C41H42ClN5O2. The molecular weight excluding hydrogens is 630 g/mol. The number of piperidine rings is 2. The number of nitrogens with zero attached hydrogens (tertiary/aromatic N) is 4. The van der Waals surface area contributed by atoms with Gasteiger partial charge in [-0.3, -0.25) is 14.8 Å². The summed E-state index contributed by atoms with van der Waals surface area (Å²) in [6.45, 7) is 7.51. The summed E-state index contributed by atoms with van der Waals surface area (Å²) in [5.41, 5.74) is 10.5. The molecule has 0 amide bonds. The predicted molar refractivity (Wildman–Crippen MR) is 198 cm³/mol. The zero-order valence-corrected chi connectivity index (χ0v) is 28.6. The lowest BCUT2D eigenvalue weighted by molar-refractivity contribution is 0.0790. The number of likely N-dealkylation sites (tertiary alicyclic amines) is 2. The Labute approximate surface area is 293 Å². The number of benzene rings is 4. The minimum atomic E-state index is -0.164. The van der Waals surface area contributed by atoms with Crippen molar-refractivity contribution in [3.8, 4) is 28.3 Å². The van der Waals surface area contributed by atoms with E-state index in [1.54, 1.807) is 6.20 Å². The summed E-state index contributed by atoms with van der Waals surface area (Å²) in [6, 6.07) is 29.9. The Morgan fingerprint density at radius 2 is 1.27 bits per heavy atom. The molecule has 2 fully saturated rings. The van der Waals surface area contributed by atoms with E-state index in [4.69, 9.17) is 11.6 Å². The first-order valence-electron chi connectivity index (χ1n) is 17.2. The minimum Gasteiger partial charge on any atom is -0.393 e. The molecule has 0 aliphatic carbocycles. The highest BCUT2D eigenvalue weighted by molar-refractivity contribution is 6.34. The Kier molecular flexibility index (Phi) is 9.95. The SMILES string of the molecule is Cc1cc(-c2ccc(CN3CCC(O)CC3)cc2)cc(Cl)c1Nc1c(C#N)cnc2cc(-c3ccc(CN4CCC(O)CC4)cc3)ccc12. The Morgan fingerprint density at radius 3 is 1.80 bits per heavy atom. The predicted octanol–water partition coefficient (Wildman–Crippen LogP) is 8.06. The van der Waals surface area contributed by atoms with Gasteiger partial charge >= 0.3 is 0 Å². The number of halogens is 1. The van der Waals surface area contributed by atoms with Gasteiger partial charge in [0.25, 0.3) is 0 Å². The van der Waals surface area contributed by atoms with Gasteiger partial charge in [0.2, 0.25) is 0 Å². The van der Waals surface area contributed by atoms with Gasteiger partial charge in [0.15, 0.2) is 0 Å². The molecule has 0 saturated carbocycles. The number of hydrogen-bond acceptors (Lipinski definition) is 7. The maximum Gasteiger partial charge on any atom is 0.103 e. The Morgan fingerprint density at radius 1 is 0.735 bits per heavy atom. The smallest absolute Gasteiger partial charge is 0.103 e. The van der Waals surface area contributed by atoms with Crippen molar-refractivity contribution in [3.05, 3.63) is 112 Å². The fourth-order valence-corrected chi connectivity index (χ4v) is 7.38. The van der Waals surface area contributed by atoms with Gasteiger partial charge in [0, 0.05) is 50.9 Å². The lowest BCUT2D eigenvalue weighted by atomic mass is 9.99. The van der Waals surface area contributed by atoms with Crippen LogP contribution in [0.2, 0.25) is 5.02 Å². The van der Waals surface area contributed by atoms with Crippen LogP contribution < -0.4 is 5.32 Å². The van der Waals surface area contributed by atoms with Crippen LogP contribution in [-0.2, 0) is 13.1 Å². The number of pyridine rings is 1. The van der Waals surface area contributed by atoms with Crippen molar-refractivity contribution in [1.82, 2.24) is 14.8 Å². The Hall–Kier alpha value is -4.29. The van der Waals surface area contributed by atoms with Gasteiger partial charge < -0.3 is 15.5 Å². The van der Waals surface area contributed by atoms with E-state index >= 15 is 0 Å². The number of rotatable bonds is 8. The number of aliphatic hydroxyl groups is 2. The van der Waals surface area contributed by atoms with Crippen molar-refractivity contribution in [3.63, 3.8) is 0 Å². The van der Waals surface area contributed by atoms with Gasteiger partial charge in [-0.1, -0.05) is 72.3 Å². The van der Waals surface area contributed by atoms with E-state index in [0.717, 1.165) is 109 Å². The molecule has 3 N–H and O–H groups in total. The monoisotopic (exact) mass is 671 g/mol. The first kappa shape index (κ1) is 33.2. The molecule has 1 aromatic heterocycles. The fourth-order valence-electron chi connectivity index (χ4n) is 7.06. The highest BCUT2D eigenvalue weighted by Crippen LogP contribution is 2.38. The molecule has 250 valence electrons. The highest BCUT2D eigenvalue weighted by Gasteiger charge is 2.19. The van der Waals surface area contributed by atoms with Crippen LogP contribution in [0.1, 0.15) is 47.9 Å². The lowest BCUT2D eigenvalue weighted by Gasteiger charge is -2.29. The molecule has 5 aromatic rings. The first-order chi connectivity index (χ1) is 23.8. The molecule has 0 radical (unpaired) electrons. The van der Waals surface area contributed by atoms with Crippen molar-refractivity contribution < 1.29 is 10.2 Å². The van der Waals surface area contributed by atoms with E-state index < -0.39 is 0 Å². The normalized spacial score (nSPS) is 16.6. The van der Waals surface area contributed by atoms with Crippen LogP contribution in [0.5, 0.6) is 0 Å². The number of nitrogens with one attached hydrogen (secondary N) is 1. The lowest BCUT2D eigenvalue weighted by Crippen LogP contribution is -2.35. The molecule has 0 atom stereocenters. The third kappa shape index (κ3) is 7.65.